The molecule has 0 unspecified atom stereocenters. The summed E-state index contributed by atoms with van der Waals surface area (Å²) in [6.07, 6.45) is 0. The first-order valence-electron chi connectivity index (χ1n) is 6.50. The Bertz CT molecular complexity index is 605. The zero-order valence-corrected chi connectivity index (χ0v) is 16.8. The maximum atomic E-state index is 6.43. The average Bonchev–Trinajstić information content (AvgIpc) is 2.26. The monoisotopic (exact) mass is 399 g/mol. The van der Waals surface area contributed by atoms with Gasteiger partial charge in [-0.2, -0.15) is 0 Å². The molecular weight excluding hydrogens is 378 g/mol. The van der Waals surface area contributed by atoms with Crippen LogP contribution in [0.25, 0.3) is 10.8 Å². The molecule has 101 valence electrons. The summed E-state index contributed by atoms with van der Waals surface area (Å²) in [7, 11) is -0.736. The fraction of sp³-hybridized carbons (Fsp3) is 0.333. The number of halogens is 1. The number of benzene rings is 2. The van der Waals surface area contributed by atoms with Gasteiger partial charge in [-0.1, -0.05) is 0 Å². The Morgan fingerprint density at radius 2 is 1.79 bits per heavy atom. The van der Waals surface area contributed by atoms with Gasteiger partial charge in [0.2, 0.25) is 0 Å². The van der Waals surface area contributed by atoms with E-state index < -0.39 is 27.4 Å². The Hall–Kier alpha value is -0.194. The van der Waals surface area contributed by atoms with Crippen molar-refractivity contribution in [3.05, 3.63) is 35.4 Å². The third kappa shape index (κ3) is 3.47. The maximum absolute atomic E-state index is 6.43. The van der Waals surface area contributed by atoms with Gasteiger partial charge in [0.25, 0.3) is 0 Å². The zero-order chi connectivity index (χ0) is 14.2. The third-order valence-corrected chi connectivity index (χ3v) is 9.73. The summed E-state index contributed by atoms with van der Waals surface area (Å²) >= 11 is 4.19. The van der Waals surface area contributed by atoms with E-state index in [1.807, 2.05) is 12.1 Å². The summed E-state index contributed by atoms with van der Waals surface area (Å²) in [5.74, 6) is 1.01. The average molecular weight is 399 g/mol. The van der Waals surface area contributed by atoms with Gasteiger partial charge in [0, 0.05) is 0 Å². The molecule has 0 spiro atoms. The number of hydrogen-bond donors (Lipinski definition) is 0. The minimum atomic E-state index is -2.23. The Kier molecular flexibility index (Phi) is 4.53. The van der Waals surface area contributed by atoms with Crippen LogP contribution < -0.4 is 8.01 Å². The van der Waals surface area contributed by atoms with Crippen molar-refractivity contribution in [2.45, 2.75) is 27.9 Å². The van der Waals surface area contributed by atoms with E-state index >= 15 is 0 Å². The molecule has 0 aliphatic carbocycles. The molecule has 0 saturated carbocycles. The van der Waals surface area contributed by atoms with Gasteiger partial charge in [-0.15, -0.1) is 0 Å². The van der Waals surface area contributed by atoms with Crippen molar-refractivity contribution in [2.24, 2.45) is 0 Å². The van der Waals surface area contributed by atoms with E-state index in [1.54, 1.807) is 0 Å². The van der Waals surface area contributed by atoms with Crippen LogP contribution in [-0.4, -0.2) is 27.4 Å². The number of rotatable bonds is 3. The zero-order valence-electron chi connectivity index (χ0n) is 12.2. The van der Waals surface area contributed by atoms with Gasteiger partial charge in [0.15, 0.2) is 0 Å². The predicted octanol–water partition coefficient (Wildman–Crippen LogP) is 4.67. The van der Waals surface area contributed by atoms with Crippen molar-refractivity contribution in [3.63, 3.8) is 0 Å². The molecular formula is C15H20ClOSiSn. The molecule has 4 heteroatoms. The molecule has 0 aliphatic heterocycles. The summed E-state index contributed by atoms with van der Waals surface area (Å²) in [6.45, 7) is 4.32. The molecule has 0 aromatic heterocycles. The quantitative estimate of drug-likeness (QED) is 0.683. The first-order chi connectivity index (χ1) is 8.79. The molecule has 0 bridgehead atoms. The Balaban J connectivity index is 2.73. The second-order valence-corrected chi connectivity index (χ2v) is 22.9. The van der Waals surface area contributed by atoms with Crippen LogP contribution >= 0.6 is 11.6 Å². The Morgan fingerprint density at radius 1 is 1.11 bits per heavy atom. The topological polar surface area (TPSA) is 9.23 Å². The van der Waals surface area contributed by atoms with Crippen LogP contribution in [0, 0.1) is 0 Å². The number of fused-ring (bicyclic) bond motifs is 1. The molecule has 2 aromatic rings. The van der Waals surface area contributed by atoms with E-state index in [0.29, 0.717) is 0 Å². The first-order valence-corrected chi connectivity index (χ1v) is 19.3. The minimum absolute atomic E-state index is 0.736. The summed E-state index contributed by atoms with van der Waals surface area (Å²) in [4.78, 5) is 7.25. The van der Waals surface area contributed by atoms with Crippen molar-refractivity contribution < 1.29 is 4.43 Å². The first kappa shape index (κ1) is 15.2. The summed E-state index contributed by atoms with van der Waals surface area (Å²) in [6, 6.07) is 10.5. The van der Waals surface area contributed by atoms with E-state index in [4.69, 9.17) is 16.0 Å². The van der Waals surface area contributed by atoms with Crippen LogP contribution in [-0.2, 0) is 0 Å². The molecule has 0 saturated heterocycles. The van der Waals surface area contributed by atoms with Crippen LogP contribution in [0.3, 0.4) is 0 Å². The van der Waals surface area contributed by atoms with Crippen LogP contribution in [0.2, 0.25) is 32.9 Å². The third-order valence-electron chi connectivity index (χ3n) is 3.03. The van der Waals surface area contributed by atoms with Gasteiger partial charge < -0.3 is 0 Å². The normalized spacial score (nSPS) is 12.2. The van der Waals surface area contributed by atoms with E-state index in [0.717, 1.165) is 10.8 Å². The summed E-state index contributed by atoms with van der Waals surface area (Å²) in [5.41, 5.74) is 0. The van der Waals surface area contributed by atoms with Crippen LogP contribution in [0.5, 0.6) is 5.75 Å². The van der Waals surface area contributed by atoms with Crippen molar-refractivity contribution >= 4 is 53.4 Å². The van der Waals surface area contributed by atoms with Crippen LogP contribution in [0.4, 0.5) is 0 Å². The van der Waals surface area contributed by atoms with Crippen LogP contribution in [0.1, 0.15) is 0 Å². The van der Waals surface area contributed by atoms with Crippen molar-refractivity contribution in [2.75, 3.05) is 0 Å². The molecule has 2 rings (SSSR count). The molecule has 0 N–H and O–H groups in total. The van der Waals surface area contributed by atoms with Gasteiger partial charge in [-0.3, -0.25) is 0 Å². The predicted molar refractivity (Wildman–Crippen MR) is 90.0 cm³/mol. The van der Waals surface area contributed by atoms with E-state index in [-0.39, 0.29) is 0 Å². The van der Waals surface area contributed by atoms with Gasteiger partial charge in [-0.25, -0.2) is 0 Å². The molecule has 0 atom stereocenters. The molecule has 0 fully saturated rings. The fourth-order valence-corrected chi connectivity index (χ4v) is 7.92. The molecule has 1 nitrogen and oxygen atoms in total. The van der Waals surface area contributed by atoms with Gasteiger partial charge in [-0.05, 0) is 0 Å². The van der Waals surface area contributed by atoms with E-state index in [2.05, 4.69) is 46.1 Å². The van der Waals surface area contributed by atoms with Crippen molar-refractivity contribution in [3.8, 4) is 5.75 Å². The molecule has 2 aromatic carbocycles. The summed E-state index contributed by atoms with van der Waals surface area (Å²) < 4.78 is 7.44. The SMILES string of the molecule is C[Si](C)Oc1c[c]([Sn]([CH3])([CH3])[CH3])c2c(Cl)cccc2c1. The van der Waals surface area contributed by atoms with Crippen molar-refractivity contribution in [1.29, 1.82) is 0 Å². The molecule has 1 radical (unpaired) electrons. The fourth-order valence-electron chi connectivity index (χ4n) is 2.24. The van der Waals surface area contributed by atoms with Gasteiger partial charge in [0.1, 0.15) is 0 Å². The molecule has 19 heavy (non-hydrogen) atoms. The van der Waals surface area contributed by atoms with Gasteiger partial charge >= 0.3 is 127 Å². The second-order valence-electron chi connectivity index (χ2n) is 6.07. The van der Waals surface area contributed by atoms with Crippen LogP contribution in [0.15, 0.2) is 30.3 Å². The van der Waals surface area contributed by atoms with Crippen molar-refractivity contribution in [1.82, 2.24) is 0 Å². The molecule has 0 amide bonds. The Labute approximate surface area is 126 Å². The number of hydrogen-bond acceptors (Lipinski definition) is 1. The van der Waals surface area contributed by atoms with E-state index in [9.17, 15) is 0 Å². The molecule has 0 heterocycles. The summed E-state index contributed by atoms with van der Waals surface area (Å²) in [5, 5.41) is 3.31. The molecule has 0 aliphatic rings. The van der Waals surface area contributed by atoms with Gasteiger partial charge in [0.05, 0.1) is 0 Å². The van der Waals surface area contributed by atoms with E-state index in [1.165, 1.54) is 14.4 Å². The second kappa shape index (κ2) is 5.66. The standard InChI is InChI=1S/C12H11ClOSi.3CH3.Sn/c1-15(2)14-10-6-7-11-9(8-10)4-3-5-12(11)13;;;;/h3-6,8H,1-2H3;3*1H3;. The Morgan fingerprint density at radius 3 is 2.37 bits per heavy atom.